The van der Waals surface area contributed by atoms with Gasteiger partial charge in [0.05, 0.1) is 50.8 Å². The Morgan fingerprint density at radius 1 is 0.704 bits per heavy atom. The van der Waals surface area contributed by atoms with Gasteiger partial charge in [-0.1, -0.05) is 6.92 Å². The van der Waals surface area contributed by atoms with Gasteiger partial charge in [0.2, 0.25) is 0 Å². The van der Waals surface area contributed by atoms with E-state index in [4.69, 9.17) is 28.4 Å². The molecule has 0 bridgehead atoms. The molecule has 4 saturated heterocycles. The number of hydrogen-bond donors (Lipinski definition) is 0. The van der Waals surface area contributed by atoms with Crippen LogP contribution in [0.3, 0.4) is 0 Å². The second-order valence-corrected chi connectivity index (χ2v) is 9.96. The maximum Gasteiger partial charge on any atom is 0.412 e. The molecule has 6 rings (SSSR count). The van der Waals surface area contributed by atoms with Gasteiger partial charge in [0, 0.05) is 11.3 Å². The highest BCUT2D eigenvalue weighted by molar-refractivity contribution is 4.98. The molecule has 6 aliphatic rings. The Labute approximate surface area is 161 Å². The van der Waals surface area contributed by atoms with Crippen molar-refractivity contribution < 1.29 is 28.4 Å². The predicted molar refractivity (Wildman–Crippen MR) is 94.8 cm³/mol. The molecule has 4 unspecified atom stereocenters. The van der Waals surface area contributed by atoms with Crippen molar-refractivity contribution in [1.82, 2.24) is 0 Å². The fraction of sp³-hybridized carbons (Fsp3) is 1.00. The number of ether oxygens (including phenoxy) is 6. The van der Waals surface area contributed by atoms with Gasteiger partial charge in [-0.15, -0.1) is 0 Å². The first-order valence-electron chi connectivity index (χ1n) is 11.0. The molecule has 0 aromatic rings. The minimum Gasteiger partial charge on any atom is -0.370 e. The van der Waals surface area contributed by atoms with E-state index < -0.39 is 6.16 Å². The molecular formula is C21H32O6. The van der Waals surface area contributed by atoms with E-state index in [0.717, 1.165) is 31.1 Å². The van der Waals surface area contributed by atoms with Crippen molar-refractivity contribution in [3.8, 4) is 0 Å². The molecular weight excluding hydrogens is 348 g/mol. The second-order valence-electron chi connectivity index (χ2n) is 9.96. The second kappa shape index (κ2) is 6.38. The summed E-state index contributed by atoms with van der Waals surface area (Å²) in [6.45, 7) is 4.88. The summed E-state index contributed by atoms with van der Waals surface area (Å²) in [5.74, 6) is 1.95. The Hall–Kier alpha value is -0.240. The Balaban J connectivity index is 0.994. The highest BCUT2D eigenvalue weighted by Crippen LogP contribution is 2.49. The van der Waals surface area contributed by atoms with E-state index in [0.29, 0.717) is 56.8 Å². The maximum absolute atomic E-state index is 6.09. The van der Waals surface area contributed by atoms with Crippen molar-refractivity contribution in [2.45, 2.75) is 82.4 Å². The summed E-state index contributed by atoms with van der Waals surface area (Å²) in [7, 11) is 0. The van der Waals surface area contributed by atoms with Crippen LogP contribution in [0.15, 0.2) is 0 Å². The smallest absolute Gasteiger partial charge is 0.370 e. The van der Waals surface area contributed by atoms with Crippen LogP contribution >= 0.6 is 0 Å². The molecule has 2 aliphatic carbocycles. The molecule has 6 nitrogen and oxygen atoms in total. The monoisotopic (exact) mass is 380 g/mol. The molecule has 4 atom stereocenters. The third-order valence-electron chi connectivity index (χ3n) is 7.88. The molecule has 0 aromatic heterocycles. The Morgan fingerprint density at radius 2 is 1.26 bits per heavy atom. The number of fused-ring (bicyclic) bond motifs is 2. The van der Waals surface area contributed by atoms with Gasteiger partial charge in [0.1, 0.15) is 0 Å². The third-order valence-corrected chi connectivity index (χ3v) is 7.88. The van der Waals surface area contributed by atoms with Crippen LogP contribution in [0.25, 0.3) is 0 Å². The van der Waals surface area contributed by atoms with E-state index >= 15 is 0 Å². The van der Waals surface area contributed by atoms with E-state index in [1.54, 1.807) is 0 Å². The predicted octanol–water partition coefficient (Wildman–Crippen LogP) is 2.84. The molecule has 1 spiro atoms. The van der Waals surface area contributed by atoms with Crippen LogP contribution in [0.5, 0.6) is 0 Å². The summed E-state index contributed by atoms with van der Waals surface area (Å²) in [6, 6.07) is 0. The van der Waals surface area contributed by atoms with Gasteiger partial charge < -0.3 is 28.4 Å². The molecule has 0 N–H and O–H groups in total. The SMILES string of the molecule is CCC1(CC2CC3OC3C2)COC2(OCC(CC3CC4OC4C3)CO2)OC1. The van der Waals surface area contributed by atoms with Gasteiger partial charge in [-0.2, -0.15) is 0 Å². The van der Waals surface area contributed by atoms with Crippen molar-refractivity contribution in [2.75, 3.05) is 26.4 Å². The van der Waals surface area contributed by atoms with Gasteiger partial charge in [-0.05, 0) is 56.8 Å². The molecule has 0 amide bonds. The zero-order valence-electron chi connectivity index (χ0n) is 16.3. The highest BCUT2D eigenvalue weighted by Gasteiger charge is 2.54. The number of hydrogen-bond acceptors (Lipinski definition) is 6. The lowest BCUT2D eigenvalue weighted by Crippen LogP contribution is -2.56. The van der Waals surface area contributed by atoms with Gasteiger partial charge in [-0.25, -0.2) is 0 Å². The minimum atomic E-state index is -1.25. The van der Waals surface area contributed by atoms with Crippen molar-refractivity contribution >= 4 is 0 Å². The highest BCUT2D eigenvalue weighted by atomic mass is 17.0. The van der Waals surface area contributed by atoms with Crippen LogP contribution in [-0.2, 0) is 28.4 Å². The fourth-order valence-electron chi connectivity index (χ4n) is 6.00. The largest absolute Gasteiger partial charge is 0.412 e. The van der Waals surface area contributed by atoms with Crippen molar-refractivity contribution in [1.29, 1.82) is 0 Å². The first kappa shape index (κ1) is 17.6. The Kier molecular flexibility index (Phi) is 4.16. The lowest BCUT2D eigenvalue weighted by Gasteiger charge is -2.47. The van der Waals surface area contributed by atoms with E-state index in [1.807, 2.05) is 0 Å². The van der Waals surface area contributed by atoms with Gasteiger partial charge in [0.15, 0.2) is 0 Å². The zero-order chi connectivity index (χ0) is 18.1. The summed E-state index contributed by atoms with van der Waals surface area (Å²) in [5.41, 5.74) is 0.0845. The first-order valence-corrected chi connectivity index (χ1v) is 11.0. The fourth-order valence-corrected chi connectivity index (χ4v) is 6.00. The lowest BCUT2D eigenvalue weighted by atomic mass is 9.77. The van der Waals surface area contributed by atoms with E-state index in [9.17, 15) is 0 Å². The average molecular weight is 380 g/mol. The Morgan fingerprint density at radius 3 is 1.81 bits per heavy atom. The van der Waals surface area contributed by atoms with Crippen molar-refractivity contribution in [3.63, 3.8) is 0 Å². The minimum absolute atomic E-state index is 0.0845. The Bertz CT molecular complexity index is 543. The summed E-state index contributed by atoms with van der Waals surface area (Å²) < 4.78 is 35.3. The third kappa shape index (κ3) is 3.36. The molecule has 0 radical (unpaired) electrons. The molecule has 27 heavy (non-hydrogen) atoms. The van der Waals surface area contributed by atoms with E-state index in [1.165, 1.54) is 25.7 Å². The standard InChI is InChI=1S/C21H32O6/c1-2-20(8-14-6-18-19(7-14)27-18)11-24-21(25-12-20)22-9-15(10-23-21)3-13-4-16-17(5-13)26-16/h13-19H,2-12H2,1H3. The van der Waals surface area contributed by atoms with Crippen molar-refractivity contribution in [2.24, 2.45) is 23.2 Å². The molecule has 4 heterocycles. The number of rotatable bonds is 5. The lowest BCUT2D eigenvalue weighted by molar-refractivity contribution is -0.542. The normalized spacial score (nSPS) is 56.1. The van der Waals surface area contributed by atoms with Crippen LogP contribution in [-0.4, -0.2) is 57.0 Å². The van der Waals surface area contributed by atoms with Crippen LogP contribution in [0.4, 0.5) is 0 Å². The average Bonchev–Trinajstić information content (AvgIpc) is 3.53. The van der Waals surface area contributed by atoms with Crippen LogP contribution < -0.4 is 0 Å². The zero-order valence-corrected chi connectivity index (χ0v) is 16.3. The van der Waals surface area contributed by atoms with Gasteiger partial charge >= 0.3 is 6.16 Å². The summed E-state index contributed by atoms with van der Waals surface area (Å²) in [5, 5.41) is 0. The van der Waals surface area contributed by atoms with Crippen LogP contribution in [0.2, 0.25) is 0 Å². The van der Waals surface area contributed by atoms with E-state index in [2.05, 4.69) is 6.92 Å². The van der Waals surface area contributed by atoms with Gasteiger partial charge in [-0.3, -0.25) is 0 Å². The molecule has 4 aliphatic heterocycles. The molecule has 6 heteroatoms. The first-order chi connectivity index (χ1) is 13.1. The maximum atomic E-state index is 6.09. The topological polar surface area (TPSA) is 62.0 Å². The summed E-state index contributed by atoms with van der Waals surface area (Å²) >= 11 is 0. The molecule has 152 valence electrons. The molecule has 6 fully saturated rings. The summed E-state index contributed by atoms with van der Waals surface area (Å²) in [4.78, 5) is 0. The quantitative estimate of drug-likeness (QED) is 0.684. The van der Waals surface area contributed by atoms with Gasteiger partial charge in [0.25, 0.3) is 0 Å². The van der Waals surface area contributed by atoms with E-state index in [-0.39, 0.29) is 5.41 Å². The van der Waals surface area contributed by atoms with Crippen LogP contribution in [0.1, 0.15) is 51.9 Å². The van der Waals surface area contributed by atoms with Crippen molar-refractivity contribution in [3.05, 3.63) is 0 Å². The summed E-state index contributed by atoms with van der Waals surface area (Å²) in [6.07, 6.45) is 9.16. The van der Waals surface area contributed by atoms with Crippen LogP contribution in [0, 0.1) is 23.2 Å². The number of epoxide rings is 2. The molecule has 0 aromatic carbocycles. The molecule has 2 saturated carbocycles.